The van der Waals surface area contributed by atoms with E-state index in [1.807, 2.05) is 0 Å². The molecule has 0 aliphatic heterocycles. The maximum absolute atomic E-state index is 12.9. The summed E-state index contributed by atoms with van der Waals surface area (Å²) in [5, 5.41) is 8.52. The van der Waals surface area contributed by atoms with E-state index in [0.29, 0.717) is 5.82 Å². The third-order valence-electron chi connectivity index (χ3n) is 2.33. The summed E-state index contributed by atoms with van der Waals surface area (Å²) in [6, 6.07) is 2.31. The molecule has 0 radical (unpaired) electrons. The zero-order chi connectivity index (χ0) is 14.9. The monoisotopic (exact) mass is 301 g/mol. The number of anilines is 2. The van der Waals surface area contributed by atoms with Crippen LogP contribution < -0.4 is 5.32 Å². The van der Waals surface area contributed by atoms with Crippen molar-refractivity contribution in [3.63, 3.8) is 0 Å². The summed E-state index contributed by atoms with van der Waals surface area (Å²) >= 11 is 5.62. The second-order valence-corrected chi connectivity index (χ2v) is 4.22. The number of aromatic amines is 1. The van der Waals surface area contributed by atoms with Gasteiger partial charge in [-0.3, -0.25) is 5.10 Å². The van der Waals surface area contributed by atoms with Gasteiger partial charge < -0.3 is 5.32 Å². The number of aromatic nitrogens is 3. The maximum atomic E-state index is 12.9. The third kappa shape index (κ3) is 2.83. The number of nitrogens with zero attached hydrogens (tertiary/aromatic N) is 3. The highest BCUT2D eigenvalue weighted by Gasteiger charge is 2.35. The number of hydrogen-bond donors (Lipinski definition) is 2. The van der Waals surface area contributed by atoms with Crippen LogP contribution in [0.5, 0.6) is 0 Å². The van der Waals surface area contributed by atoms with Gasteiger partial charge in [-0.05, 0) is 13.0 Å². The molecule has 5 nitrogen and oxygen atoms in total. The number of alkyl halides is 3. The van der Waals surface area contributed by atoms with Crippen molar-refractivity contribution in [2.24, 2.45) is 0 Å². The highest BCUT2D eigenvalue weighted by atomic mass is 35.5. The molecule has 0 bridgehead atoms. The lowest BCUT2D eigenvalue weighted by molar-refractivity contribution is -0.136. The van der Waals surface area contributed by atoms with Crippen molar-refractivity contribution >= 4 is 28.9 Å². The van der Waals surface area contributed by atoms with Gasteiger partial charge in [0.1, 0.15) is 11.0 Å². The van der Waals surface area contributed by atoms with E-state index in [1.165, 1.54) is 0 Å². The number of pyridine rings is 1. The quantitative estimate of drug-likeness (QED) is 0.649. The van der Waals surface area contributed by atoms with Crippen LogP contribution in [-0.2, 0) is 6.18 Å². The molecule has 0 aliphatic rings. The molecular weight excluding hydrogens is 295 g/mol. The standard InChI is InChI=1S/C11H7ClF3N5/c1-5-3-8(20-19-5)17-7-4-6(11(13,14)15)9(16-2)10(12)18-7/h3-4H,1H3,(H2,17,18,19,20). The molecule has 0 unspecified atom stereocenters. The van der Waals surface area contributed by atoms with E-state index in [2.05, 4.69) is 25.3 Å². The Morgan fingerprint density at radius 1 is 1.35 bits per heavy atom. The van der Waals surface area contributed by atoms with Crippen molar-refractivity contribution in [2.75, 3.05) is 5.32 Å². The largest absolute Gasteiger partial charge is 0.407 e. The lowest BCUT2D eigenvalue weighted by atomic mass is 10.2. The summed E-state index contributed by atoms with van der Waals surface area (Å²) in [6.07, 6.45) is -4.69. The molecule has 9 heteroatoms. The minimum Gasteiger partial charge on any atom is -0.323 e. The Kier molecular flexibility index (Phi) is 3.55. The van der Waals surface area contributed by atoms with Gasteiger partial charge in [0.25, 0.3) is 0 Å². The summed E-state index contributed by atoms with van der Waals surface area (Å²) < 4.78 is 38.6. The molecule has 0 saturated carbocycles. The number of halogens is 4. The Morgan fingerprint density at radius 3 is 2.55 bits per heavy atom. The van der Waals surface area contributed by atoms with Gasteiger partial charge in [-0.25, -0.2) is 9.83 Å². The molecular formula is C11H7ClF3N5. The Morgan fingerprint density at radius 2 is 2.05 bits per heavy atom. The first kappa shape index (κ1) is 14.1. The molecule has 2 heterocycles. The van der Waals surface area contributed by atoms with Crippen LogP contribution in [0, 0.1) is 13.5 Å². The molecule has 0 saturated heterocycles. The van der Waals surface area contributed by atoms with Gasteiger partial charge in [0.2, 0.25) is 5.69 Å². The predicted octanol–water partition coefficient (Wildman–Crippen LogP) is 4.08. The molecule has 0 atom stereocenters. The molecule has 2 N–H and O–H groups in total. The van der Waals surface area contributed by atoms with E-state index in [-0.39, 0.29) is 5.82 Å². The number of aryl methyl sites for hydroxylation is 1. The molecule has 2 aromatic rings. The second kappa shape index (κ2) is 5.02. The predicted molar refractivity (Wildman–Crippen MR) is 67.1 cm³/mol. The van der Waals surface area contributed by atoms with E-state index in [9.17, 15) is 13.2 Å². The summed E-state index contributed by atoms with van der Waals surface area (Å²) in [7, 11) is 0. The van der Waals surface area contributed by atoms with E-state index in [0.717, 1.165) is 11.8 Å². The van der Waals surface area contributed by atoms with E-state index in [4.69, 9.17) is 18.2 Å². The van der Waals surface area contributed by atoms with Gasteiger partial charge in [0.15, 0.2) is 5.82 Å². The third-order valence-corrected chi connectivity index (χ3v) is 2.59. The van der Waals surface area contributed by atoms with Crippen molar-refractivity contribution in [3.8, 4) is 0 Å². The fourth-order valence-corrected chi connectivity index (χ4v) is 1.74. The van der Waals surface area contributed by atoms with E-state index < -0.39 is 22.6 Å². The molecule has 0 fully saturated rings. The summed E-state index contributed by atoms with van der Waals surface area (Å²) in [6.45, 7) is 8.50. The summed E-state index contributed by atoms with van der Waals surface area (Å²) in [5.41, 5.74) is -1.13. The van der Waals surface area contributed by atoms with E-state index >= 15 is 0 Å². The number of hydrogen-bond acceptors (Lipinski definition) is 3. The molecule has 0 aromatic carbocycles. The van der Waals surface area contributed by atoms with Crippen LogP contribution in [0.1, 0.15) is 11.3 Å². The molecule has 20 heavy (non-hydrogen) atoms. The minimum absolute atomic E-state index is 0.138. The molecule has 0 aliphatic carbocycles. The Hall–Kier alpha value is -2.27. The van der Waals surface area contributed by atoms with Gasteiger partial charge in [-0.15, -0.1) is 0 Å². The first-order valence-corrected chi connectivity index (χ1v) is 5.63. The molecule has 0 amide bonds. The second-order valence-electron chi connectivity index (χ2n) is 3.87. The SMILES string of the molecule is [C-]#[N+]c1c(C(F)(F)F)cc(Nc2cc(C)[nH]n2)nc1Cl. The van der Waals surface area contributed by atoms with Crippen LogP contribution in [0.15, 0.2) is 12.1 Å². The zero-order valence-electron chi connectivity index (χ0n) is 10.0. The van der Waals surface area contributed by atoms with Crippen LogP contribution in [0.25, 0.3) is 4.85 Å². The molecule has 0 spiro atoms. The van der Waals surface area contributed by atoms with Crippen LogP contribution in [0.2, 0.25) is 5.15 Å². The average Bonchev–Trinajstić information content (AvgIpc) is 2.73. The summed E-state index contributed by atoms with van der Waals surface area (Å²) in [5.74, 6) is 0.163. The van der Waals surface area contributed by atoms with Gasteiger partial charge in [-0.1, -0.05) is 11.6 Å². The molecule has 2 aromatic heterocycles. The smallest absolute Gasteiger partial charge is 0.323 e. The highest BCUT2D eigenvalue weighted by Crippen LogP contribution is 2.41. The number of H-pyrrole nitrogens is 1. The maximum Gasteiger partial charge on any atom is 0.407 e. The summed E-state index contributed by atoms with van der Waals surface area (Å²) in [4.78, 5) is 6.48. The van der Waals surface area contributed by atoms with Crippen molar-refractivity contribution in [1.29, 1.82) is 0 Å². The molecule has 104 valence electrons. The van der Waals surface area contributed by atoms with Crippen molar-refractivity contribution in [1.82, 2.24) is 15.2 Å². The van der Waals surface area contributed by atoms with Crippen LogP contribution in [0.3, 0.4) is 0 Å². The van der Waals surface area contributed by atoms with Crippen LogP contribution >= 0.6 is 11.6 Å². The van der Waals surface area contributed by atoms with Crippen molar-refractivity contribution < 1.29 is 13.2 Å². The number of nitrogens with one attached hydrogen (secondary N) is 2. The van der Waals surface area contributed by atoms with Gasteiger partial charge in [-0.2, -0.15) is 18.3 Å². The van der Waals surface area contributed by atoms with Crippen LogP contribution in [0.4, 0.5) is 30.5 Å². The fraction of sp³-hybridized carbons (Fsp3) is 0.182. The van der Waals surface area contributed by atoms with E-state index in [1.54, 1.807) is 13.0 Å². The Balaban J connectivity index is 2.46. The average molecular weight is 302 g/mol. The van der Waals surface area contributed by atoms with Gasteiger partial charge in [0, 0.05) is 11.8 Å². The first-order chi connectivity index (χ1) is 9.31. The topological polar surface area (TPSA) is 58.0 Å². The lowest BCUT2D eigenvalue weighted by Gasteiger charge is -2.12. The fourth-order valence-electron chi connectivity index (χ4n) is 1.51. The van der Waals surface area contributed by atoms with Crippen molar-refractivity contribution in [2.45, 2.75) is 13.1 Å². The van der Waals surface area contributed by atoms with Gasteiger partial charge in [0.05, 0.1) is 12.1 Å². The molecule has 2 rings (SSSR count). The van der Waals surface area contributed by atoms with Gasteiger partial charge >= 0.3 is 6.18 Å². The Bertz CT molecular complexity index is 686. The van der Waals surface area contributed by atoms with Crippen molar-refractivity contribution in [3.05, 3.63) is 40.0 Å². The normalized spacial score (nSPS) is 11.2. The highest BCUT2D eigenvalue weighted by molar-refractivity contribution is 6.32. The minimum atomic E-state index is -4.69. The Labute approximate surface area is 116 Å². The number of rotatable bonds is 2. The lowest BCUT2D eigenvalue weighted by Crippen LogP contribution is -2.07. The first-order valence-electron chi connectivity index (χ1n) is 5.25. The zero-order valence-corrected chi connectivity index (χ0v) is 10.8. The van der Waals surface area contributed by atoms with Crippen LogP contribution in [-0.4, -0.2) is 15.2 Å².